The second kappa shape index (κ2) is 5.36. The molecular formula is C13H24N2O2. The average molecular weight is 240 g/mol. The number of aliphatic hydroxyl groups excluding tert-OH is 1. The summed E-state index contributed by atoms with van der Waals surface area (Å²) in [4.78, 5) is 11.9. The van der Waals surface area contributed by atoms with E-state index in [1.165, 1.54) is 6.42 Å². The molecule has 17 heavy (non-hydrogen) atoms. The van der Waals surface area contributed by atoms with Gasteiger partial charge < -0.3 is 16.2 Å². The molecule has 0 radical (unpaired) electrons. The third-order valence-corrected chi connectivity index (χ3v) is 4.44. The molecule has 4 heteroatoms. The Bertz CT molecular complexity index is 263. The topological polar surface area (TPSA) is 75.4 Å². The fourth-order valence-corrected chi connectivity index (χ4v) is 2.97. The minimum absolute atomic E-state index is 0.0955. The van der Waals surface area contributed by atoms with Gasteiger partial charge in [0.15, 0.2) is 0 Å². The lowest BCUT2D eigenvalue weighted by molar-refractivity contribution is -0.125. The first-order chi connectivity index (χ1) is 8.13. The summed E-state index contributed by atoms with van der Waals surface area (Å²) in [5.41, 5.74) is 5.85. The molecule has 2 rings (SSSR count). The minimum Gasteiger partial charge on any atom is -0.393 e. The van der Waals surface area contributed by atoms with Crippen LogP contribution in [0.25, 0.3) is 0 Å². The second-order valence-corrected chi connectivity index (χ2v) is 5.81. The highest BCUT2D eigenvalue weighted by atomic mass is 16.3. The van der Waals surface area contributed by atoms with Crippen LogP contribution in [-0.4, -0.2) is 29.7 Å². The van der Waals surface area contributed by atoms with E-state index in [0.717, 1.165) is 38.5 Å². The van der Waals surface area contributed by atoms with Gasteiger partial charge in [-0.15, -0.1) is 0 Å². The Balaban J connectivity index is 1.73. The lowest BCUT2D eigenvalue weighted by atomic mass is 9.66. The zero-order chi connectivity index (χ0) is 12.3. The van der Waals surface area contributed by atoms with Gasteiger partial charge in [-0.05, 0) is 50.5 Å². The summed E-state index contributed by atoms with van der Waals surface area (Å²) in [6.07, 6.45) is 7.26. The predicted octanol–water partition coefficient (Wildman–Crippen LogP) is 0.925. The SMILES string of the molecule is NCC1(CC(=O)NC2CCC(O)CC2)CCC1. The number of nitrogens with two attached hydrogens (primary N) is 1. The summed E-state index contributed by atoms with van der Waals surface area (Å²) >= 11 is 0. The number of hydrogen-bond acceptors (Lipinski definition) is 3. The normalized spacial score (nSPS) is 31.6. The van der Waals surface area contributed by atoms with Gasteiger partial charge in [-0.1, -0.05) is 6.42 Å². The Morgan fingerprint density at radius 2 is 1.94 bits per heavy atom. The van der Waals surface area contributed by atoms with E-state index in [2.05, 4.69) is 5.32 Å². The summed E-state index contributed by atoms with van der Waals surface area (Å²) < 4.78 is 0. The first kappa shape index (κ1) is 12.8. The fraction of sp³-hybridized carbons (Fsp3) is 0.923. The molecule has 0 aromatic carbocycles. The quantitative estimate of drug-likeness (QED) is 0.684. The Morgan fingerprint density at radius 3 is 2.41 bits per heavy atom. The van der Waals surface area contributed by atoms with E-state index in [4.69, 9.17) is 5.73 Å². The monoisotopic (exact) mass is 240 g/mol. The molecular weight excluding hydrogens is 216 g/mol. The number of hydrogen-bond donors (Lipinski definition) is 3. The first-order valence-corrected chi connectivity index (χ1v) is 6.81. The summed E-state index contributed by atoms with van der Waals surface area (Å²) in [7, 11) is 0. The number of carbonyl (C=O) groups is 1. The molecule has 4 nitrogen and oxygen atoms in total. The number of amides is 1. The van der Waals surface area contributed by atoms with Gasteiger partial charge in [0.2, 0.25) is 5.91 Å². The molecule has 0 aromatic rings. The van der Waals surface area contributed by atoms with Gasteiger partial charge in [0.1, 0.15) is 0 Å². The second-order valence-electron chi connectivity index (χ2n) is 5.81. The highest BCUT2D eigenvalue weighted by molar-refractivity contribution is 5.77. The Labute approximate surface area is 103 Å². The molecule has 0 atom stereocenters. The van der Waals surface area contributed by atoms with Crippen molar-refractivity contribution in [2.75, 3.05) is 6.54 Å². The van der Waals surface area contributed by atoms with Gasteiger partial charge in [-0.3, -0.25) is 4.79 Å². The average Bonchev–Trinajstić information content (AvgIpc) is 2.27. The molecule has 1 amide bonds. The van der Waals surface area contributed by atoms with Crippen molar-refractivity contribution >= 4 is 5.91 Å². The van der Waals surface area contributed by atoms with Gasteiger partial charge in [0, 0.05) is 12.5 Å². The first-order valence-electron chi connectivity index (χ1n) is 6.81. The predicted molar refractivity (Wildman–Crippen MR) is 66.4 cm³/mol. The van der Waals surface area contributed by atoms with Gasteiger partial charge in [0.25, 0.3) is 0 Å². The summed E-state index contributed by atoms with van der Waals surface area (Å²) in [5, 5.41) is 12.5. The van der Waals surface area contributed by atoms with Crippen molar-refractivity contribution in [3.8, 4) is 0 Å². The molecule has 2 fully saturated rings. The van der Waals surface area contributed by atoms with Crippen LogP contribution >= 0.6 is 0 Å². The number of aliphatic hydroxyl groups is 1. The zero-order valence-corrected chi connectivity index (χ0v) is 10.5. The number of carbonyl (C=O) groups excluding carboxylic acids is 1. The molecule has 0 unspecified atom stereocenters. The van der Waals surface area contributed by atoms with Crippen LogP contribution in [-0.2, 0) is 4.79 Å². The van der Waals surface area contributed by atoms with Crippen molar-refractivity contribution in [2.24, 2.45) is 11.1 Å². The Kier molecular flexibility index (Phi) is 4.05. The van der Waals surface area contributed by atoms with Gasteiger partial charge in [-0.25, -0.2) is 0 Å². The highest BCUT2D eigenvalue weighted by Gasteiger charge is 2.37. The van der Waals surface area contributed by atoms with E-state index in [0.29, 0.717) is 13.0 Å². The smallest absolute Gasteiger partial charge is 0.220 e. The van der Waals surface area contributed by atoms with Crippen LogP contribution in [0.1, 0.15) is 51.4 Å². The molecule has 0 aromatic heterocycles. The van der Waals surface area contributed by atoms with Crippen LogP contribution in [0.5, 0.6) is 0 Å². The Hall–Kier alpha value is -0.610. The van der Waals surface area contributed by atoms with Gasteiger partial charge in [-0.2, -0.15) is 0 Å². The maximum Gasteiger partial charge on any atom is 0.220 e. The van der Waals surface area contributed by atoms with Crippen molar-refractivity contribution in [1.82, 2.24) is 5.32 Å². The van der Waals surface area contributed by atoms with Gasteiger partial charge >= 0.3 is 0 Å². The van der Waals surface area contributed by atoms with Crippen LogP contribution < -0.4 is 11.1 Å². The number of nitrogens with one attached hydrogen (secondary N) is 1. The molecule has 0 heterocycles. The van der Waals surface area contributed by atoms with Crippen LogP contribution in [0.2, 0.25) is 0 Å². The third-order valence-electron chi connectivity index (χ3n) is 4.44. The molecule has 0 saturated heterocycles. The van der Waals surface area contributed by atoms with E-state index in [1.54, 1.807) is 0 Å². The molecule has 2 aliphatic rings. The third kappa shape index (κ3) is 3.19. The molecule has 98 valence electrons. The molecule has 2 saturated carbocycles. The van der Waals surface area contributed by atoms with Crippen LogP contribution in [0.15, 0.2) is 0 Å². The summed E-state index contributed by atoms with van der Waals surface area (Å²) in [5.74, 6) is 0.150. The van der Waals surface area contributed by atoms with Crippen LogP contribution in [0.4, 0.5) is 0 Å². The summed E-state index contributed by atoms with van der Waals surface area (Å²) in [6.45, 7) is 0.629. The number of rotatable bonds is 4. The largest absolute Gasteiger partial charge is 0.393 e. The van der Waals surface area contributed by atoms with Crippen molar-refractivity contribution in [2.45, 2.75) is 63.5 Å². The molecule has 4 N–H and O–H groups in total. The Morgan fingerprint density at radius 1 is 1.29 bits per heavy atom. The molecule has 0 aliphatic heterocycles. The maximum atomic E-state index is 11.9. The van der Waals surface area contributed by atoms with E-state index >= 15 is 0 Å². The lowest BCUT2D eigenvalue weighted by Crippen LogP contribution is -2.45. The fourth-order valence-electron chi connectivity index (χ4n) is 2.97. The highest BCUT2D eigenvalue weighted by Crippen LogP contribution is 2.42. The lowest BCUT2D eigenvalue weighted by Gasteiger charge is -2.40. The standard InChI is InChI=1S/C13H24N2O2/c14-9-13(6-1-7-13)8-12(17)15-10-2-4-11(16)5-3-10/h10-11,16H,1-9,14H2,(H,15,17). The van der Waals surface area contributed by atoms with Crippen LogP contribution in [0.3, 0.4) is 0 Å². The van der Waals surface area contributed by atoms with Gasteiger partial charge in [0.05, 0.1) is 6.10 Å². The van der Waals surface area contributed by atoms with Crippen LogP contribution in [0, 0.1) is 5.41 Å². The van der Waals surface area contributed by atoms with E-state index < -0.39 is 0 Å². The van der Waals surface area contributed by atoms with E-state index in [1.807, 2.05) is 0 Å². The van der Waals surface area contributed by atoms with E-state index in [9.17, 15) is 9.90 Å². The molecule has 0 bridgehead atoms. The molecule has 2 aliphatic carbocycles. The van der Waals surface area contributed by atoms with E-state index in [-0.39, 0.29) is 23.5 Å². The van der Waals surface area contributed by atoms with Crippen molar-refractivity contribution in [3.63, 3.8) is 0 Å². The maximum absolute atomic E-state index is 11.9. The minimum atomic E-state index is -0.162. The van der Waals surface area contributed by atoms with Crippen molar-refractivity contribution < 1.29 is 9.90 Å². The summed E-state index contributed by atoms with van der Waals surface area (Å²) in [6, 6.07) is 0.265. The van der Waals surface area contributed by atoms with Crippen molar-refractivity contribution in [3.05, 3.63) is 0 Å². The molecule has 0 spiro atoms. The van der Waals surface area contributed by atoms with Crippen molar-refractivity contribution in [1.29, 1.82) is 0 Å². The zero-order valence-electron chi connectivity index (χ0n) is 10.5.